The van der Waals surface area contributed by atoms with E-state index in [-0.39, 0.29) is 6.04 Å². The van der Waals surface area contributed by atoms with Gasteiger partial charge in [-0.15, -0.1) is 5.10 Å². The highest BCUT2D eigenvalue weighted by Crippen LogP contribution is 2.29. The lowest BCUT2D eigenvalue weighted by molar-refractivity contribution is 0.664. The zero-order chi connectivity index (χ0) is 16.5. The number of rotatable bonds is 3. The van der Waals surface area contributed by atoms with Gasteiger partial charge in [-0.1, -0.05) is 42.5 Å². The second kappa shape index (κ2) is 5.67. The van der Waals surface area contributed by atoms with Crippen LogP contribution in [0, 0.1) is 11.3 Å². The van der Waals surface area contributed by atoms with Gasteiger partial charge in [0.1, 0.15) is 11.8 Å². The van der Waals surface area contributed by atoms with Gasteiger partial charge in [0.25, 0.3) is 0 Å². The molecule has 2 heterocycles. The number of aromatic nitrogens is 4. The minimum Gasteiger partial charge on any atom is -0.340 e. The van der Waals surface area contributed by atoms with E-state index < -0.39 is 0 Å². The van der Waals surface area contributed by atoms with Crippen LogP contribution < -0.4 is 0 Å². The number of nitrogens with zero attached hydrogens (tertiary/aromatic N) is 4. The number of nitrogens with one attached hydrogen (secondary N) is 1. The molecule has 1 unspecified atom stereocenters. The molecule has 0 radical (unpaired) electrons. The summed E-state index contributed by atoms with van der Waals surface area (Å²) in [7, 11) is 0. The molecule has 5 nitrogen and oxygen atoms in total. The van der Waals surface area contributed by atoms with Crippen LogP contribution in [0.15, 0.2) is 60.8 Å². The first-order valence-electron chi connectivity index (χ1n) is 7.74. The molecular weight excluding hydrogens is 298 g/mol. The van der Waals surface area contributed by atoms with E-state index in [1.54, 1.807) is 0 Å². The predicted octanol–water partition coefficient (Wildman–Crippen LogP) is 3.91. The van der Waals surface area contributed by atoms with Gasteiger partial charge in [-0.2, -0.15) is 15.6 Å². The summed E-state index contributed by atoms with van der Waals surface area (Å²) in [5, 5.41) is 20.8. The van der Waals surface area contributed by atoms with Gasteiger partial charge in [0.15, 0.2) is 5.69 Å². The topological polar surface area (TPSA) is 70.3 Å². The fraction of sp³-hybridized carbons (Fsp3) is 0.105. The number of aromatic amines is 1. The number of nitriles is 1. The summed E-state index contributed by atoms with van der Waals surface area (Å²) < 4.78 is 2.24. The Morgan fingerprint density at radius 2 is 1.92 bits per heavy atom. The summed E-state index contributed by atoms with van der Waals surface area (Å²) in [5.74, 6) is 0. The fourth-order valence-electron chi connectivity index (χ4n) is 3.04. The Morgan fingerprint density at radius 1 is 1.08 bits per heavy atom. The third kappa shape index (κ3) is 2.25. The van der Waals surface area contributed by atoms with Gasteiger partial charge in [-0.3, -0.25) is 0 Å². The highest BCUT2D eigenvalue weighted by Gasteiger charge is 2.14. The molecule has 0 aliphatic rings. The Balaban J connectivity index is 1.84. The minimum absolute atomic E-state index is 0.215. The van der Waals surface area contributed by atoms with Crippen LogP contribution in [-0.4, -0.2) is 20.0 Å². The van der Waals surface area contributed by atoms with Crippen molar-refractivity contribution in [1.82, 2.24) is 20.0 Å². The monoisotopic (exact) mass is 313 g/mol. The minimum atomic E-state index is 0.215. The van der Waals surface area contributed by atoms with Gasteiger partial charge < -0.3 is 4.57 Å². The number of hydrogen-bond donors (Lipinski definition) is 1. The highest BCUT2D eigenvalue weighted by atomic mass is 15.3. The van der Waals surface area contributed by atoms with Crippen molar-refractivity contribution in [3.63, 3.8) is 0 Å². The van der Waals surface area contributed by atoms with Crippen LogP contribution >= 0.6 is 0 Å². The van der Waals surface area contributed by atoms with E-state index in [0.717, 1.165) is 16.5 Å². The van der Waals surface area contributed by atoms with Crippen molar-refractivity contribution >= 4 is 10.9 Å². The highest BCUT2D eigenvalue weighted by molar-refractivity contribution is 5.85. The van der Waals surface area contributed by atoms with Crippen LogP contribution in [0.1, 0.15) is 24.2 Å². The van der Waals surface area contributed by atoms with Gasteiger partial charge in [0.05, 0.1) is 6.04 Å². The van der Waals surface area contributed by atoms with Crippen LogP contribution in [0.4, 0.5) is 0 Å². The van der Waals surface area contributed by atoms with E-state index in [1.165, 1.54) is 5.56 Å². The van der Waals surface area contributed by atoms with Crippen molar-refractivity contribution in [3.05, 3.63) is 72.1 Å². The average Bonchev–Trinajstić information content (AvgIpc) is 3.27. The maximum atomic E-state index is 9.16. The first-order chi connectivity index (χ1) is 11.8. The van der Waals surface area contributed by atoms with E-state index in [0.29, 0.717) is 11.4 Å². The molecule has 0 saturated carbocycles. The van der Waals surface area contributed by atoms with E-state index >= 15 is 0 Å². The number of H-pyrrole nitrogens is 1. The molecule has 2 aromatic carbocycles. The molecule has 1 N–H and O–H groups in total. The fourth-order valence-corrected chi connectivity index (χ4v) is 3.04. The summed E-state index contributed by atoms with van der Waals surface area (Å²) in [6.45, 7) is 2.18. The molecule has 0 fully saturated rings. The molecule has 4 aromatic rings. The summed E-state index contributed by atoms with van der Waals surface area (Å²) in [6, 6.07) is 20.9. The zero-order valence-corrected chi connectivity index (χ0v) is 13.1. The van der Waals surface area contributed by atoms with Crippen LogP contribution in [0.25, 0.3) is 22.2 Å². The van der Waals surface area contributed by atoms with Gasteiger partial charge in [-0.05, 0) is 30.0 Å². The molecule has 0 bridgehead atoms. The first-order valence-corrected chi connectivity index (χ1v) is 7.74. The molecule has 0 saturated heterocycles. The van der Waals surface area contributed by atoms with Crippen molar-refractivity contribution in [2.24, 2.45) is 0 Å². The standard InChI is InChI=1S/C19H15N5/c1-13(14-5-3-2-4-6-14)24-10-9-15-7-8-16(11-18(15)24)19-17(12-20)21-23-22-19/h2-11,13H,1H3,(H,21,22,23). The molecule has 24 heavy (non-hydrogen) atoms. The second-order valence-corrected chi connectivity index (χ2v) is 5.72. The van der Waals surface area contributed by atoms with Crippen molar-refractivity contribution in [1.29, 1.82) is 5.26 Å². The zero-order valence-electron chi connectivity index (χ0n) is 13.1. The van der Waals surface area contributed by atoms with Crippen molar-refractivity contribution in [3.8, 4) is 17.3 Å². The molecular formula is C19H15N5. The van der Waals surface area contributed by atoms with Gasteiger partial charge in [-0.25, -0.2) is 0 Å². The molecule has 4 rings (SSSR count). The smallest absolute Gasteiger partial charge is 0.190 e. The lowest BCUT2D eigenvalue weighted by Gasteiger charge is -2.16. The number of fused-ring (bicyclic) bond motifs is 1. The van der Waals surface area contributed by atoms with Crippen molar-refractivity contribution in [2.75, 3.05) is 0 Å². The van der Waals surface area contributed by atoms with Crippen molar-refractivity contribution in [2.45, 2.75) is 13.0 Å². The normalized spacial score (nSPS) is 12.2. The van der Waals surface area contributed by atoms with E-state index in [1.807, 2.05) is 12.1 Å². The Bertz CT molecular complexity index is 1040. The Labute approximate surface area is 139 Å². The SMILES string of the molecule is CC(c1ccccc1)n1ccc2ccc(-c3n[nH]nc3C#N)cc21. The lowest BCUT2D eigenvalue weighted by atomic mass is 10.1. The molecule has 116 valence electrons. The van der Waals surface area contributed by atoms with E-state index in [9.17, 15) is 0 Å². The molecule has 0 aliphatic carbocycles. The second-order valence-electron chi connectivity index (χ2n) is 5.72. The van der Waals surface area contributed by atoms with Crippen LogP contribution in [0.3, 0.4) is 0 Å². The van der Waals surface area contributed by atoms with Crippen molar-refractivity contribution < 1.29 is 0 Å². The quantitative estimate of drug-likeness (QED) is 0.623. The molecule has 5 heteroatoms. The van der Waals surface area contributed by atoms with Crippen LogP contribution in [0.5, 0.6) is 0 Å². The van der Waals surface area contributed by atoms with E-state index in [4.69, 9.17) is 5.26 Å². The number of hydrogen-bond acceptors (Lipinski definition) is 3. The molecule has 1 atom stereocenters. The van der Waals surface area contributed by atoms with Gasteiger partial charge in [0.2, 0.25) is 0 Å². The molecule has 0 spiro atoms. The van der Waals surface area contributed by atoms with Crippen LogP contribution in [0.2, 0.25) is 0 Å². The molecule has 0 aliphatic heterocycles. The van der Waals surface area contributed by atoms with Gasteiger partial charge in [0, 0.05) is 17.3 Å². The summed E-state index contributed by atoms with van der Waals surface area (Å²) >= 11 is 0. The maximum Gasteiger partial charge on any atom is 0.190 e. The molecule has 0 amide bonds. The third-order valence-electron chi connectivity index (χ3n) is 4.35. The van der Waals surface area contributed by atoms with E-state index in [2.05, 4.69) is 81.6 Å². The maximum absolute atomic E-state index is 9.16. The van der Waals surface area contributed by atoms with Gasteiger partial charge >= 0.3 is 0 Å². The molecule has 2 aromatic heterocycles. The van der Waals surface area contributed by atoms with Crippen LogP contribution in [-0.2, 0) is 0 Å². The average molecular weight is 313 g/mol. The Kier molecular flexibility index (Phi) is 3.36. The summed E-state index contributed by atoms with van der Waals surface area (Å²) in [5.41, 5.74) is 4.13. The first kappa shape index (κ1) is 14.2. The number of benzene rings is 2. The largest absolute Gasteiger partial charge is 0.340 e. The Morgan fingerprint density at radius 3 is 2.71 bits per heavy atom. The predicted molar refractivity (Wildman–Crippen MR) is 92.3 cm³/mol. The summed E-state index contributed by atoms with van der Waals surface area (Å²) in [4.78, 5) is 0. The third-order valence-corrected chi connectivity index (χ3v) is 4.35. The Hall–Kier alpha value is -3.39. The lowest BCUT2D eigenvalue weighted by Crippen LogP contribution is -2.05. The summed E-state index contributed by atoms with van der Waals surface area (Å²) in [6.07, 6.45) is 2.10.